The lowest BCUT2D eigenvalue weighted by molar-refractivity contribution is -0.345. The fourth-order valence-corrected chi connectivity index (χ4v) is 0. The molecular formula is C2H11N2O8P. The van der Waals surface area contributed by atoms with Gasteiger partial charge in [-0.05, 0) is 0 Å². The number of phosphoric acid groups is 1. The van der Waals surface area contributed by atoms with Crippen LogP contribution in [0.15, 0.2) is 0 Å². The summed E-state index contributed by atoms with van der Waals surface area (Å²) in [6.07, 6.45) is 0. The number of carboxylic acids is 2. The van der Waals surface area contributed by atoms with Crippen LogP contribution >= 0.6 is 7.82 Å². The number of hydrogen-bond donors (Lipinski definition) is 5. The van der Waals surface area contributed by atoms with Gasteiger partial charge in [-0.2, -0.15) is 0 Å². The molecule has 11 heteroatoms. The first-order valence-corrected chi connectivity index (χ1v) is 3.41. The van der Waals surface area contributed by atoms with Crippen molar-refractivity contribution >= 4 is 19.8 Å². The normalized spacial score (nSPS) is 7.92. The molecule has 0 saturated heterocycles. The SMILES string of the molecule is O=C([O-])C(=O)[O-].O=P(O)(O)O.[NH4+].[NH4+]. The van der Waals surface area contributed by atoms with Gasteiger partial charge in [0.1, 0.15) is 0 Å². The Morgan fingerprint density at radius 2 is 1.00 bits per heavy atom. The van der Waals surface area contributed by atoms with Gasteiger partial charge in [0.15, 0.2) is 0 Å². The zero-order valence-electron chi connectivity index (χ0n) is 6.83. The van der Waals surface area contributed by atoms with E-state index < -0.39 is 19.8 Å². The standard InChI is InChI=1S/C2H2O4.2H3N.H3O4P/c3-1(4)2(5)6;;;1-5(2,3)4/h(H,3,4)(H,5,6);2*1H3;(H3,1,2,3,4). The fraction of sp³-hybridized carbons (Fsp3) is 0. The van der Waals surface area contributed by atoms with E-state index in [1.807, 2.05) is 0 Å². The summed E-state index contributed by atoms with van der Waals surface area (Å²) in [4.78, 5) is 39.4. The average Bonchev–Trinajstić information content (AvgIpc) is 1.59. The molecule has 0 bridgehead atoms. The molecule has 10 nitrogen and oxygen atoms in total. The van der Waals surface area contributed by atoms with Gasteiger partial charge in [-0.1, -0.05) is 0 Å². The highest BCUT2D eigenvalue weighted by Crippen LogP contribution is 2.25. The number of carboxylic acid groups (broad SMARTS) is 2. The maximum Gasteiger partial charge on any atom is 0.466 e. The first-order chi connectivity index (χ1) is 4.64. The van der Waals surface area contributed by atoms with Gasteiger partial charge >= 0.3 is 7.82 Å². The zero-order valence-corrected chi connectivity index (χ0v) is 7.72. The van der Waals surface area contributed by atoms with Gasteiger partial charge < -0.3 is 46.8 Å². The lowest BCUT2D eigenvalue weighted by atomic mass is 10.7. The lowest BCUT2D eigenvalue weighted by Crippen LogP contribution is -2.42. The second-order valence-corrected chi connectivity index (χ2v) is 2.11. The molecule has 0 fully saturated rings. The third-order valence-electron chi connectivity index (χ3n) is 0.167. The van der Waals surface area contributed by atoms with Crippen molar-refractivity contribution < 1.29 is 39.0 Å². The second kappa shape index (κ2) is 9.06. The summed E-state index contributed by atoms with van der Waals surface area (Å²) in [6.45, 7) is 0. The lowest BCUT2D eigenvalue weighted by Gasteiger charge is -1.97. The van der Waals surface area contributed by atoms with Crippen LogP contribution in [-0.4, -0.2) is 26.6 Å². The number of quaternary nitrogens is 2. The molecule has 0 aromatic heterocycles. The van der Waals surface area contributed by atoms with Crippen molar-refractivity contribution in [1.82, 2.24) is 12.3 Å². The number of rotatable bonds is 0. The van der Waals surface area contributed by atoms with E-state index in [9.17, 15) is 0 Å². The molecule has 0 radical (unpaired) electrons. The van der Waals surface area contributed by atoms with Crippen LogP contribution < -0.4 is 22.5 Å². The summed E-state index contributed by atoms with van der Waals surface area (Å²) >= 11 is 0. The van der Waals surface area contributed by atoms with Gasteiger partial charge in [-0.25, -0.2) is 4.57 Å². The van der Waals surface area contributed by atoms with E-state index in [-0.39, 0.29) is 12.3 Å². The van der Waals surface area contributed by atoms with Crippen LogP contribution in [0.2, 0.25) is 0 Å². The minimum Gasteiger partial charge on any atom is -0.543 e. The molecule has 0 spiro atoms. The van der Waals surface area contributed by atoms with E-state index in [1.165, 1.54) is 0 Å². The van der Waals surface area contributed by atoms with Gasteiger partial charge in [0, 0.05) is 0 Å². The van der Waals surface area contributed by atoms with Crippen molar-refractivity contribution in [3.05, 3.63) is 0 Å². The summed E-state index contributed by atoms with van der Waals surface area (Å²) < 4.78 is 8.88. The highest BCUT2D eigenvalue weighted by molar-refractivity contribution is 7.45. The quantitative estimate of drug-likeness (QED) is 0.201. The highest BCUT2D eigenvalue weighted by atomic mass is 31.2. The second-order valence-electron chi connectivity index (χ2n) is 1.09. The van der Waals surface area contributed by atoms with E-state index in [1.54, 1.807) is 0 Å². The van der Waals surface area contributed by atoms with Crippen LogP contribution in [0.5, 0.6) is 0 Å². The Bertz CT molecular complexity index is 176. The van der Waals surface area contributed by atoms with Crippen molar-refractivity contribution in [3.63, 3.8) is 0 Å². The minimum atomic E-state index is -4.64. The van der Waals surface area contributed by atoms with Crippen molar-refractivity contribution in [2.24, 2.45) is 0 Å². The Kier molecular flexibility index (Phi) is 15.8. The molecule has 0 aliphatic heterocycles. The molecule has 0 saturated carbocycles. The first-order valence-electron chi connectivity index (χ1n) is 1.85. The number of aliphatic carboxylic acids is 2. The van der Waals surface area contributed by atoms with E-state index in [0.717, 1.165) is 0 Å². The van der Waals surface area contributed by atoms with Crippen LogP contribution in [0, 0.1) is 0 Å². The van der Waals surface area contributed by atoms with Crippen LogP contribution in [-0.2, 0) is 14.2 Å². The third kappa shape index (κ3) is 100. The summed E-state index contributed by atoms with van der Waals surface area (Å²) in [5.41, 5.74) is 0. The fourth-order valence-electron chi connectivity index (χ4n) is 0. The molecule has 0 unspecified atom stereocenters. The zero-order chi connectivity index (χ0) is 9.65. The highest BCUT2D eigenvalue weighted by Gasteiger charge is 2.00. The molecule has 0 aliphatic carbocycles. The molecule has 0 rings (SSSR count). The molecule has 0 amide bonds. The van der Waals surface area contributed by atoms with Gasteiger partial charge in [-0.15, -0.1) is 0 Å². The van der Waals surface area contributed by atoms with Crippen LogP contribution in [0.25, 0.3) is 0 Å². The summed E-state index contributed by atoms with van der Waals surface area (Å²) in [5, 5.41) is 17.9. The Hall–Kier alpha value is -1.03. The largest absolute Gasteiger partial charge is 0.543 e. The summed E-state index contributed by atoms with van der Waals surface area (Å²) in [6, 6.07) is 0. The maximum absolute atomic E-state index is 8.93. The third-order valence-corrected chi connectivity index (χ3v) is 0.167. The van der Waals surface area contributed by atoms with E-state index in [0.29, 0.717) is 0 Å². The summed E-state index contributed by atoms with van der Waals surface area (Å²) in [5.74, 6) is -4.37. The predicted octanol–water partition coefficient (Wildman–Crippen LogP) is -3.69. The van der Waals surface area contributed by atoms with Crippen molar-refractivity contribution in [3.8, 4) is 0 Å². The number of carbonyl (C=O) groups excluding carboxylic acids is 2. The Morgan fingerprint density at radius 3 is 1.00 bits per heavy atom. The smallest absolute Gasteiger partial charge is 0.466 e. The Labute approximate surface area is 72.2 Å². The predicted molar refractivity (Wildman–Crippen MR) is 36.2 cm³/mol. The molecule has 0 aromatic carbocycles. The number of hydrogen-bond acceptors (Lipinski definition) is 5. The molecule has 0 aliphatic rings. The van der Waals surface area contributed by atoms with Gasteiger partial charge in [0.05, 0.1) is 11.9 Å². The van der Waals surface area contributed by atoms with Gasteiger partial charge in [0.25, 0.3) is 0 Å². The van der Waals surface area contributed by atoms with Gasteiger partial charge in [0.2, 0.25) is 0 Å². The molecule has 0 atom stereocenters. The Morgan fingerprint density at radius 1 is 0.923 bits per heavy atom. The van der Waals surface area contributed by atoms with Crippen molar-refractivity contribution in [1.29, 1.82) is 0 Å². The molecule has 0 aromatic rings. The molecular weight excluding hydrogens is 211 g/mol. The monoisotopic (exact) mass is 222 g/mol. The molecule has 11 N–H and O–H groups in total. The number of carbonyl (C=O) groups is 2. The van der Waals surface area contributed by atoms with Gasteiger partial charge in [-0.3, -0.25) is 0 Å². The summed E-state index contributed by atoms with van der Waals surface area (Å²) in [7, 11) is -4.64. The van der Waals surface area contributed by atoms with Crippen LogP contribution in [0.3, 0.4) is 0 Å². The molecule has 82 valence electrons. The average molecular weight is 222 g/mol. The molecule has 0 heterocycles. The van der Waals surface area contributed by atoms with Crippen molar-refractivity contribution in [2.45, 2.75) is 0 Å². The van der Waals surface area contributed by atoms with Crippen LogP contribution in [0.1, 0.15) is 0 Å². The van der Waals surface area contributed by atoms with E-state index in [2.05, 4.69) is 0 Å². The van der Waals surface area contributed by atoms with Crippen LogP contribution in [0.4, 0.5) is 0 Å². The first kappa shape index (κ1) is 22.7. The Balaban J connectivity index is -0.0000000546. The van der Waals surface area contributed by atoms with Crippen molar-refractivity contribution in [2.75, 3.05) is 0 Å². The van der Waals surface area contributed by atoms with E-state index in [4.69, 9.17) is 39.0 Å². The minimum absolute atomic E-state index is 0. The van der Waals surface area contributed by atoms with E-state index >= 15 is 0 Å². The topological polar surface area (TPSA) is 231 Å². The molecule has 13 heavy (non-hydrogen) atoms. The maximum atomic E-state index is 8.93.